The highest BCUT2D eigenvalue weighted by Gasteiger charge is 2.19. The monoisotopic (exact) mass is 353 g/mol. The molecule has 0 saturated carbocycles. The minimum atomic E-state index is -0.121. The van der Waals surface area contributed by atoms with Crippen LogP contribution in [0.4, 0.5) is 5.13 Å². The van der Waals surface area contributed by atoms with Crippen molar-refractivity contribution in [2.24, 2.45) is 0 Å². The summed E-state index contributed by atoms with van der Waals surface area (Å²) in [5.74, 6) is -0.121. The molecular formula is C20H23N3OS. The first-order valence-corrected chi connectivity index (χ1v) is 9.19. The average Bonchev–Trinajstić information content (AvgIpc) is 3.16. The van der Waals surface area contributed by atoms with E-state index in [0.717, 1.165) is 17.9 Å². The molecule has 1 aromatic carbocycles. The zero-order valence-electron chi connectivity index (χ0n) is 15.0. The quantitative estimate of drug-likeness (QED) is 0.729. The number of nitrogens with one attached hydrogen (secondary N) is 1. The third-order valence-electron chi connectivity index (χ3n) is 4.06. The third-order valence-corrected chi connectivity index (χ3v) is 4.82. The molecule has 25 heavy (non-hydrogen) atoms. The Morgan fingerprint density at radius 1 is 1.24 bits per heavy atom. The number of aromatic nitrogens is 2. The van der Waals surface area contributed by atoms with Crippen molar-refractivity contribution in [3.8, 4) is 0 Å². The minimum Gasteiger partial charge on any atom is -0.347 e. The van der Waals surface area contributed by atoms with E-state index in [1.54, 1.807) is 0 Å². The van der Waals surface area contributed by atoms with Crippen molar-refractivity contribution in [1.29, 1.82) is 0 Å². The topological polar surface area (TPSA) is 46.9 Å². The second kappa shape index (κ2) is 6.84. The highest BCUT2D eigenvalue weighted by Crippen LogP contribution is 2.26. The molecular weight excluding hydrogens is 330 g/mol. The van der Waals surface area contributed by atoms with Gasteiger partial charge in [-0.3, -0.25) is 10.1 Å². The second-order valence-corrected chi connectivity index (χ2v) is 8.08. The Labute approximate surface area is 152 Å². The smallest absolute Gasteiger partial charge is 0.258 e. The lowest BCUT2D eigenvalue weighted by Crippen LogP contribution is -2.14. The van der Waals surface area contributed by atoms with Crippen molar-refractivity contribution in [3.05, 3.63) is 70.5 Å². The maximum absolute atomic E-state index is 12.5. The summed E-state index contributed by atoms with van der Waals surface area (Å²) in [6, 6.07) is 12.1. The molecule has 1 N–H and O–H groups in total. The molecule has 130 valence electrons. The lowest BCUT2D eigenvalue weighted by atomic mass is 9.93. The van der Waals surface area contributed by atoms with Gasteiger partial charge in [-0.25, -0.2) is 4.98 Å². The normalized spacial score (nSPS) is 11.5. The number of hydrogen-bond donors (Lipinski definition) is 1. The molecule has 0 atom stereocenters. The van der Waals surface area contributed by atoms with Gasteiger partial charge in [0.25, 0.3) is 5.91 Å². The molecule has 2 heterocycles. The van der Waals surface area contributed by atoms with E-state index in [4.69, 9.17) is 0 Å². The summed E-state index contributed by atoms with van der Waals surface area (Å²) in [5.41, 5.74) is 3.90. The number of thiazole rings is 1. The van der Waals surface area contributed by atoms with Crippen LogP contribution in [0, 0.1) is 6.92 Å². The van der Waals surface area contributed by atoms with E-state index in [1.807, 2.05) is 42.8 Å². The summed E-state index contributed by atoms with van der Waals surface area (Å²) in [4.78, 5) is 17.1. The fraction of sp³-hybridized carbons (Fsp3) is 0.300. The predicted molar refractivity (Wildman–Crippen MR) is 103 cm³/mol. The Morgan fingerprint density at radius 3 is 2.60 bits per heavy atom. The van der Waals surface area contributed by atoms with Crippen LogP contribution < -0.4 is 5.32 Å². The van der Waals surface area contributed by atoms with Gasteiger partial charge in [-0.15, -0.1) is 11.3 Å². The van der Waals surface area contributed by atoms with E-state index in [0.29, 0.717) is 10.7 Å². The molecule has 0 bridgehead atoms. The fourth-order valence-electron chi connectivity index (χ4n) is 2.53. The number of benzene rings is 1. The summed E-state index contributed by atoms with van der Waals surface area (Å²) in [6.45, 7) is 9.11. The number of carbonyl (C=O) groups is 1. The molecule has 0 aliphatic carbocycles. The van der Waals surface area contributed by atoms with E-state index in [1.165, 1.54) is 16.9 Å². The summed E-state index contributed by atoms with van der Waals surface area (Å²) >= 11 is 1.46. The molecule has 1 amide bonds. The Kier molecular flexibility index (Phi) is 4.77. The van der Waals surface area contributed by atoms with Crippen LogP contribution in [0.5, 0.6) is 0 Å². The van der Waals surface area contributed by atoms with Crippen LogP contribution in [-0.4, -0.2) is 15.5 Å². The van der Waals surface area contributed by atoms with Crippen LogP contribution in [0.3, 0.4) is 0 Å². The summed E-state index contributed by atoms with van der Waals surface area (Å²) in [6.07, 6.45) is 1.90. The largest absolute Gasteiger partial charge is 0.347 e. The van der Waals surface area contributed by atoms with Gasteiger partial charge in [0.1, 0.15) is 0 Å². The third kappa shape index (κ3) is 4.17. The molecule has 0 unspecified atom stereocenters. The number of rotatable bonds is 4. The lowest BCUT2D eigenvalue weighted by Gasteiger charge is -2.14. The van der Waals surface area contributed by atoms with Crippen LogP contribution in [0.2, 0.25) is 0 Å². The molecule has 0 fully saturated rings. The number of anilines is 1. The molecule has 0 aliphatic rings. The van der Waals surface area contributed by atoms with E-state index in [9.17, 15) is 4.79 Å². The fourth-order valence-corrected chi connectivity index (χ4v) is 3.47. The molecule has 2 aromatic heterocycles. The first-order valence-electron chi connectivity index (χ1n) is 8.31. The Hall–Kier alpha value is -2.40. The summed E-state index contributed by atoms with van der Waals surface area (Å²) in [7, 11) is 0. The first-order chi connectivity index (χ1) is 11.8. The van der Waals surface area contributed by atoms with Gasteiger partial charge in [0.05, 0.1) is 11.3 Å². The van der Waals surface area contributed by atoms with Crippen molar-refractivity contribution in [3.63, 3.8) is 0 Å². The van der Waals surface area contributed by atoms with Gasteiger partial charge in [0, 0.05) is 29.2 Å². The standard InChI is InChI=1S/C20H23N3OS/c1-14-10-16(12-23(14)11-15-8-6-5-7-9-15)18(24)22-19-21-17(13-25-19)20(2,3)4/h5-10,12-13H,11H2,1-4H3,(H,21,22,24). The van der Waals surface area contributed by atoms with Crippen molar-refractivity contribution < 1.29 is 4.79 Å². The van der Waals surface area contributed by atoms with Crippen molar-refractivity contribution in [1.82, 2.24) is 9.55 Å². The minimum absolute atomic E-state index is 0.0188. The lowest BCUT2D eigenvalue weighted by molar-refractivity contribution is 0.102. The Bertz CT molecular complexity index is 872. The van der Waals surface area contributed by atoms with Crippen LogP contribution in [-0.2, 0) is 12.0 Å². The number of hydrogen-bond acceptors (Lipinski definition) is 3. The number of carbonyl (C=O) groups excluding carboxylic acids is 1. The molecule has 3 rings (SSSR count). The van der Waals surface area contributed by atoms with Crippen molar-refractivity contribution in [2.75, 3.05) is 5.32 Å². The molecule has 5 heteroatoms. The van der Waals surface area contributed by atoms with Crippen molar-refractivity contribution in [2.45, 2.75) is 39.7 Å². The highest BCUT2D eigenvalue weighted by atomic mass is 32.1. The molecule has 3 aromatic rings. The van der Waals surface area contributed by atoms with Gasteiger partial charge in [-0.2, -0.15) is 0 Å². The Balaban J connectivity index is 1.73. The van der Waals surface area contributed by atoms with Gasteiger partial charge < -0.3 is 4.57 Å². The molecule has 0 saturated heterocycles. The van der Waals surface area contributed by atoms with Crippen LogP contribution in [0.1, 0.15) is 48.1 Å². The summed E-state index contributed by atoms with van der Waals surface area (Å²) in [5, 5.41) is 5.55. The van der Waals surface area contributed by atoms with E-state index < -0.39 is 0 Å². The number of nitrogens with zero attached hydrogens (tertiary/aromatic N) is 2. The van der Waals surface area contributed by atoms with Gasteiger partial charge in [0.2, 0.25) is 0 Å². The maximum atomic E-state index is 12.5. The second-order valence-electron chi connectivity index (χ2n) is 7.23. The molecule has 4 nitrogen and oxygen atoms in total. The van der Waals surface area contributed by atoms with Gasteiger partial charge >= 0.3 is 0 Å². The maximum Gasteiger partial charge on any atom is 0.258 e. The summed E-state index contributed by atoms with van der Waals surface area (Å²) < 4.78 is 2.09. The van der Waals surface area contributed by atoms with E-state index in [2.05, 4.69) is 47.8 Å². The van der Waals surface area contributed by atoms with E-state index in [-0.39, 0.29) is 11.3 Å². The van der Waals surface area contributed by atoms with Gasteiger partial charge in [-0.05, 0) is 18.6 Å². The van der Waals surface area contributed by atoms with Crippen LogP contribution in [0.25, 0.3) is 0 Å². The zero-order valence-corrected chi connectivity index (χ0v) is 15.9. The van der Waals surface area contributed by atoms with E-state index >= 15 is 0 Å². The van der Waals surface area contributed by atoms with Crippen LogP contribution in [0.15, 0.2) is 48.0 Å². The Morgan fingerprint density at radius 2 is 1.96 bits per heavy atom. The number of amides is 1. The highest BCUT2D eigenvalue weighted by molar-refractivity contribution is 7.14. The van der Waals surface area contributed by atoms with Gasteiger partial charge in [0.15, 0.2) is 5.13 Å². The van der Waals surface area contributed by atoms with Crippen LogP contribution >= 0.6 is 11.3 Å². The molecule has 0 aliphatic heterocycles. The predicted octanol–water partition coefficient (Wildman–Crippen LogP) is 4.85. The average molecular weight is 353 g/mol. The van der Waals surface area contributed by atoms with Crippen molar-refractivity contribution >= 4 is 22.4 Å². The first kappa shape index (κ1) is 17.4. The SMILES string of the molecule is Cc1cc(C(=O)Nc2nc(C(C)(C)C)cs2)cn1Cc1ccccc1. The molecule has 0 radical (unpaired) electrons. The molecule has 0 spiro atoms. The zero-order chi connectivity index (χ0) is 18.0. The van der Waals surface area contributed by atoms with Gasteiger partial charge in [-0.1, -0.05) is 51.1 Å². The number of aryl methyl sites for hydroxylation is 1.